The molecule has 0 spiro atoms. The second-order valence-electron chi connectivity index (χ2n) is 5.73. The van der Waals surface area contributed by atoms with Crippen molar-refractivity contribution in [3.05, 3.63) is 34.3 Å². The van der Waals surface area contributed by atoms with Gasteiger partial charge in [0.2, 0.25) is 0 Å². The van der Waals surface area contributed by atoms with Crippen molar-refractivity contribution in [3.8, 4) is 6.07 Å². The number of rotatable bonds is 4. The van der Waals surface area contributed by atoms with Gasteiger partial charge < -0.3 is 0 Å². The van der Waals surface area contributed by atoms with Crippen LogP contribution in [0.1, 0.15) is 44.6 Å². The van der Waals surface area contributed by atoms with Gasteiger partial charge in [0.15, 0.2) is 0 Å². The monoisotopic (exact) mass is 320 g/mol. The van der Waals surface area contributed by atoms with Crippen molar-refractivity contribution in [2.45, 2.75) is 57.0 Å². The molecule has 102 valence electrons. The highest BCUT2D eigenvalue weighted by Gasteiger charge is 2.28. The molecular formula is C16H21BrN2. The van der Waals surface area contributed by atoms with Gasteiger partial charge in [-0.2, -0.15) is 5.26 Å². The molecule has 1 aliphatic carbocycles. The summed E-state index contributed by atoms with van der Waals surface area (Å²) in [5.41, 5.74) is 0.742. The third-order valence-electron chi connectivity index (χ3n) is 3.85. The zero-order valence-electron chi connectivity index (χ0n) is 11.5. The van der Waals surface area contributed by atoms with Gasteiger partial charge >= 0.3 is 0 Å². The number of hydrogen-bond donors (Lipinski definition) is 1. The Morgan fingerprint density at radius 1 is 1.26 bits per heavy atom. The second kappa shape index (κ2) is 6.54. The van der Waals surface area contributed by atoms with Crippen LogP contribution in [-0.4, -0.2) is 11.6 Å². The normalized spacial score (nSPS) is 19.6. The van der Waals surface area contributed by atoms with E-state index in [0.29, 0.717) is 6.04 Å². The third kappa shape index (κ3) is 4.33. The molecule has 1 atom stereocenters. The van der Waals surface area contributed by atoms with Crippen molar-refractivity contribution in [2.24, 2.45) is 0 Å². The summed E-state index contributed by atoms with van der Waals surface area (Å²) in [6.45, 7) is 2.02. The Morgan fingerprint density at radius 3 is 2.47 bits per heavy atom. The van der Waals surface area contributed by atoms with Gasteiger partial charge in [0, 0.05) is 16.9 Å². The van der Waals surface area contributed by atoms with Gasteiger partial charge in [-0.3, -0.25) is 5.32 Å². The first-order valence-corrected chi connectivity index (χ1v) is 7.84. The smallest absolute Gasteiger partial charge is 0.108 e. The van der Waals surface area contributed by atoms with Crippen molar-refractivity contribution in [1.82, 2.24) is 5.32 Å². The molecule has 3 heteroatoms. The Balaban J connectivity index is 2.00. The molecule has 0 aromatic heterocycles. The molecule has 1 aromatic rings. The van der Waals surface area contributed by atoms with E-state index in [2.05, 4.69) is 39.4 Å². The highest BCUT2D eigenvalue weighted by atomic mass is 79.9. The lowest BCUT2D eigenvalue weighted by Crippen LogP contribution is -2.49. The second-order valence-corrected chi connectivity index (χ2v) is 6.64. The largest absolute Gasteiger partial charge is 0.297 e. The van der Waals surface area contributed by atoms with Gasteiger partial charge in [0.1, 0.15) is 5.54 Å². The summed E-state index contributed by atoms with van der Waals surface area (Å²) in [7, 11) is 0. The molecule has 1 N–H and O–H groups in total. The number of benzene rings is 1. The van der Waals surface area contributed by atoms with E-state index in [1.807, 2.05) is 19.1 Å². The van der Waals surface area contributed by atoms with Crippen LogP contribution in [0.5, 0.6) is 0 Å². The Kier molecular flexibility index (Phi) is 5.01. The Labute approximate surface area is 124 Å². The maximum Gasteiger partial charge on any atom is 0.108 e. The van der Waals surface area contributed by atoms with Crippen molar-refractivity contribution >= 4 is 15.9 Å². The van der Waals surface area contributed by atoms with Crippen LogP contribution in [0.4, 0.5) is 0 Å². The van der Waals surface area contributed by atoms with Gasteiger partial charge in [-0.15, -0.1) is 0 Å². The van der Waals surface area contributed by atoms with Crippen molar-refractivity contribution in [3.63, 3.8) is 0 Å². The molecule has 1 fully saturated rings. The fraction of sp³-hybridized carbons (Fsp3) is 0.562. The molecule has 19 heavy (non-hydrogen) atoms. The minimum absolute atomic E-state index is 0.462. The molecule has 0 aliphatic heterocycles. The summed E-state index contributed by atoms with van der Waals surface area (Å²) in [5.74, 6) is 0. The summed E-state index contributed by atoms with van der Waals surface area (Å²) in [5, 5.41) is 13.1. The molecule has 0 amide bonds. The molecule has 0 saturated heterocycles. The predicted molar refractivity (Wildman–Crippen MR) is 81.9 cm³/mol. The molecule has 0 radical (unpaired) electrons. The van der Waals surface area contributed by atoms with Crippen LogP contribution in [0.3, 0.4) is 0 Å². The van der Waals surface area contributed by atoms with Crippen LogP contribution in [0.15, 0.2) is 28.7 Å². The van der Waals surface area contributed by atoms with Gasteiger partial charge in [-0.05, 0) is 37.5 Å². The zero-order valence-corrected chi connectivity index (χ0v) is 13.0. The molecule has 2 nitrogen and oxygen atoms in total. The Bertz CT molecular complexity index is 443. The highest BCUT2D eigenvalue weighted by molar-refractivity contribution is 9.10. The lowest BCUT2D eigenvalue weighted by molar-refractivity contribution is 0.305. The van der Waals surface area contributed by atoms with E-state index in [9.17, 15) is 5.26 Å². The molecule has 1 unspecified atom stereocenters. The maximum atomic E-state index is 9.51. The number of nitrogens with one attached hydrogen (secondary N) is 1. The van der Waals surface area contributed by atoms with E-state index in [-0.39, 0.29) is 0 Å². The minimum atomic E-state index is -0.462. The molecule has 1 aromatic carbocycles. The van der Waals surface area contributed by atoms with E-state index >= 15 is 0 Å². The third-order valence-corrected chi connectivity index (χ3v) is 4.37. The lowest BCUT2D eigenvalue weighted by Gasteiger charge is -2.32. The zero-order chi connectivity index (χ0) is 13.7. The van der Waals surface area contributed by atoms with E-state index in [4.69, 9.17) is 0 Å². The Morgan fingerprint density at radius 2 is 1.89 bits per heavy atom. The van der Waals surface area contributed by atoms with E-state index in [1.54, 1.807) is 0 Å². The van der Waals surface area contributed by atoms with Gasteiger partial charge in [0.25, 0.3) is 0 Å². The first-order chi connectivity index (χ1) is 9.11. The Hall–Kier alpha value is -0.850. The molecule has 0 bridgehead atoms. The summed E-state index contributed by atoms with van der Waals surface area (Å²) < 4.78 is 1.08. The maximum absolute atomic E-state index is 9.51. The number of hydrogen-bond acceptors (Lipinski definition) is 2. The topological polar surface area (TPSA) is 35.8 Å². The first kappa shape index (κ1) is 14.6. The number of nitriles is 1. The average molecular weight is 321 g/mol. The minimum Gasteiger partial charge on any atom is -0.297 e. The summed E-state index contributed by atoms with van der Waals surface area (Å²) >= 11 is 3.44. The lowest BCUT2D eigenvalue weighted by atomic mass is 9.89. The fourth-order valence-corrected chi connectivity index (χ4v) is 3.10. The first-order valence-electron chi connectivity index (χ1n) is 7.05. The molecule has 0 heterocycles. The van der Waals surface area contributed by atoms with Crippen LogP contribution in [-0.2, 0) is 6.42 Å². The van der Waals surface area contributed by atoms with Crippen LogP contribution in [0.25, 0.3) is 0 Å². The summed E-state index contributed by atoms with van der Waals surface area (Å²) in [4.78, 5) is 0. The van der Waals surface area contributed by atoms with Crippen molar-refractivity contribution in [1.29, 1.82) is 5.26 Å². The van der Waals surface area contributed by atoms with E-state index in [0.717, 1.165) is 10.9 Å². The van der Waals surface area contributed by atoms with Crippen LogP contribution >= 0.6 is 15.9 Å². The van der Waals surface area contributed by atoms with E-state index in [1.165, 1.54) is 37.7 Å². The summed E-state index contributed by atoms with van der Waals surface area (Å²) in [6, 6.07) is 11.2. The molecule has 1 aliphatic rings. The van der Waals surface area contributed by atoms with Gasteiger partial charge in [0.05, 0.1) is 6.07 Å². The fourth-order valence-electron chi connectivity index (χ4n) is 2.83. The predicted octanol–water partition coefficient (Wildman–Crippen LogP) is 4.20. The number of nitrogens with zero attached hydrogens (tertiary/aromatic N) is 1. The standard InChI is InChI=1S/C16H21BrN2/c1-16(12-18,19-15-5-3-2-4-6-15)11-13-7-9-14(17)10-8-13/h7-10,15,19H,2-6,11H2,1H3. The van der Waals surface area contributed by atoms with E-state index < -0.39 is 5.54 Å². The SMILES string of the molecule is CC(C#N)(Cc1ccc(Br)cc1)NC1CCCCC1. The number of halogens is 1. The molecule has 1 saturated carbocycles. The molecule has 2 rings (SSSR count). The summed E-state index contributed by atoms with van der Waals surface area (Å²) in [6.07, 6.45) is 7.09. The average Bonchev–Trinajstić information content (AvgIpc) is 2.42. The highest BCUT2D eigenvalue weighted by Crippen LogP contribution is 2.22. The van der Waals surface area contributed by atoms with Crippen LogP contribution in [0, 0.1) is 11.3 Å². The molecular weight excluding hydrogens is 300 g/mol. The van der Waals surface area contributed by atoms with Gasteiger partial charge in [-0.25, -0.2) is 0 Å². The van der Waals surface area contributed by atoms with Crippen molar-refractivity contribution in [2.75, 3.05) is 0 Å². The quantitative estimate of drug-likeness (QED) is 0.902. The van der Waals surface area contributed by atoms with Gasteiger partial charge in [-0.1, -0.05) is 47.3 Å². The van der Waals surface area contributed by atoms with Crippen LogP contribution < -0.4 is 5.32 Å². The van der Waals surface area contributed by atoms with Crippen LogP contribution in [0.2, 0.25) is 0 Å². The van der Waals surface area contributed by atoms with Crippen molar-refractivity contribution < 1.29 is 0 Å².